The summed E-state index contributed by atoms with van der Waals surface area (Å²) in [6.07, 6.45) is 4.55. The maximum absolute atomic E-state index is 12.2. The zero-order chi connectivity index (χ0) is 20.1. The Hall–Kier alpha value is -3.88. The fourth-order valence-corrected chi connectivity index (χ4v) is 3.24. The first-order chi connectivity index (χ1) is 14.2. The highest BCUT2D eigenvalue weighted by Crippen LogP contribution is 2.27. The second-order valence-electron chi connectivity index (χ2n) is 6.58. The minimum Gasteiger partial charge on any atom is -0.393 e. The minimum absolute atomic E-state index is 0.302. The number of rotatable bonds is 5. The van der Waals surface area contributed by atoms with Crippen molar-refractivity contribution in [1.29, 1.82) is 0 Å². The second kappa shape index (κ2) is 8.42. The number of hydrogen-bond acceptors (Lipinski definition) is 8. The number of para-hydroxylation sites is 1. The number of carbonyl (C=O) groups is 1. The first-order valence-electron chi connectivity index (χ1n) is 9.34. The van der Waals surface area contributed by atoms with E-state index >= 15 is 0 Å². The topological polar surface area (TPSA) is 112 Å². The number of hydrazine groups is 1. The Kier molecular flexibility index (Phi) is 5.37. The molecule has 29 heavy (non-hydrogen) atoms. The third-order valence-electron chi connectivity index (χ3n) is 4.80. The van der Waals surface area contributed by atoms with Crippen LogP contribution in [0.3, 0.4) is 0 Å². The van der Waals surface area contributed by atoms with Crippen LogP contribution in [-0.4, -0.2) is 47.0 Å². The Morgan fingerprint density at radius 2 is 1.62 bits per heavy atom. The molecule has 4 N–H and O–H groups in total. The third kappa shape index (κ3) is 4.18. The van der Waals surface area contributed by atoms with Gasteiger partial charge < -0.3 is 15.5 Å². The summed E-state index contributed by atoms with van der Waals surface area (Å²) in [6.45, 7) is 3.32. The van der Waals surface area contributed by atoms with Crippen molar-refractivity contribution in [3.63, 3.8) is 0 Å². The lowest BCUT2D eigenvalue weighted by Crippen LogP contribution is -2.47. The summed E-state index contributed by atoms with van der Waals surface area (Å²) in [5.41, 5.74) is 13.8. The summed E-state index contributed by atoms with van der Waals surface area (Å²) in [4.78, 5) is 29.1. The van der Waals surface area contributed by atoms with E-state index < -0.39 is 0 Å². The molecule has 0 unspecified atom stereocenters. The Bertz CT molecular complexity index is 959. The van der Waals surface area contributed by atoms with E-state index in [1.54, 1.807) is 24.5 Å². The molecule has 1 aromatic carbocycles. The molecule has 148 valence electrons. The van der Waals surface area contributed by atoms with Crippen LogP contribution in [-0.2, 0) is 0 Å². The average Bonchev–Trinajstić information content (AvgIpc) is 2.79. The molecule has 0 aliphatic carbocycles. The van der Waals surface area contributed by atoms with Crippen molar-refractivity contribution < 1.29 is 4.79 Å². The molecule has 3 heterocycles. The van der Waals surface area contributed by atoms with E-state index in [2.05, 4.69) is 47.7 Å². The highest BCUT2D eigenvalue weighted by Gasteiger charge is 2.21. The lowest BCUT2D eigenvalue weighted by Gasteiger charge is -2.37. The summed E-state index contributed by atoms with van der Waals surface area (Å²) in [6, 6.07) is 13.6. The van der Waals surface area contributed by atoms with E-state index in [9.17, 15) is 4.79 Å². The summed E-state index contributed by atoms with van der Waals surface area (Å²) in [5.74, 6) is 0.722. The van der Waals surface area contributed by atoms with Crippen LogP contribution in [0, 0.1) is 0 Å². The number of nitrogens with one attached hydrogen (secondary N) is 2. The normalized spacial score (nSPS) is 13.8. The number of anilines is 4. The first-order valence-corrected chi connectivity index (χ1v) is 9.34. The molecule has 0 spiro atoms. The molecule has 4 rings (SSSR count). The minimum atomic E-state index is -0.302. The molecule has 2 aromatic heterocycles. The molecule has 0 atom stereocenters. The molecule has 9 nitrogen and oxygen atoms in total. The van der Waals surface area contributed by atoms with Gasteiger partial charge in [-0.1, -0.05) is 18.2 Å². The number of carbonyl (C=O) groups excluding carboxylic acids is 1. The van der Waals surface area contributed by atoms with Crippen molar-refractivity contribution in [2.45, 2.75) is 0 Å². The van der Waals surface area contributed by atoms with Crippen LogP contribution in [0.25, 0.3) is 0 Å². The van der Waals surface area contributed by atoms with Crippen LogP contribution in [0.5, 0.6) is 0 Å². The predicted molar refractivity (Wildman–Crippen MR) is 113 cm³/mol. The van der Waals surface area contributed by atoms with Gasteiger partial charge in [0.25, 0.3) is 5.91 Å². The quantitative estimate of drug-likeness (QED) is 0.563. The Morgan fingerprint density at radius 3 is 2.34 bits per heavy atom. The van der Waals surface area contributed by atoms with Gasteiger partial charge in [0, 0.05) is 49.8 Å². The van der Waals surface area contributed by atoms with Crippen molar-refractivity contribution >= 4 is 28.9 Å². The van der Waals surface area contributed by atoms with Crippen LogP contribution in [0.1, 0.15) is 10.4 Å². The molecule has 1 amide bonds. The van der Waals surface area contributed by atoms with Crippen molar-refractivity contribution in [2.24, 2.45) is 0 Å². The zero-order valence-corrected chi connectivity index (χ0v) is 15.8. The molecule has 1 saturated heterocycles. The Labute approximate surface area is 168 Å². The van der Waals surface area contributed by atoms with E-state index in [1.807, 2.05) is 18.2 Å². The van der Waals surface area contributed by atoms with Crippen LogP contribution in [0.2, 0.25) is 0 Å². The van der Waals surface area contributed by atoms with Crippen LogP contribution in [0.15, 0.2) is 61.2 Å². The number of aromatic nitrogens is 3. The smallest absolute Gasteiger partial charge is 0.269 e. The van der Waals surface area contributed by atoms with Crippen molar-refractivity contribution in [3.8, 4) is 0 Å². The summed E-state index contributed by atoms with van der Waals surface area (Å²) >= 11 is 0. The van der Waals surface area contributed by atoms with Gasteiger partial charge in [-0.05, 0) is 24.3 Å². The van der Waals surface area contributed by atoms with Gasteiger partial charge in [-0.25, -0.2) is 9.97 Å². The number of nitrogens with zero attached hydrogens (tertiary/aromatic N) is 5. The fourth-order valence-electron chi connectivity index (χ4n) is 3.24. The highest BCUT2D eigenvalue weighted by atomic mass is 16.2. The standard InChI is InChI=1S/C20H22N8O/c21-17-18(25-26-20(29)15-6-8-22-9-7-15)23-14-24-19(17)28-12-10-27(11-13-28)16-4-2-1-3-5-16/h1-9,14H,10-13,21H2,(H,26,29)(H,23,24,25). The van der Waals surface area contributed by atoms with Gasteiger partial charge in [-0.2, -0.15) is 0 Å². The largest absolute Gasteiger partial charge is 0.393 e. The van der Waals surface area contributed by atoms with Crippen molar-refractivity contribution in [3.05, 3.63) is 66.7 Å². The van der Waals surface area contributed by atoms with Gasteiger partial charge in [0.05, 0.1) is 0 Å². The number of piperazine rings is 1. The van der Waals surface area contributed by atoms with Crippen molar-refractivity contribution in [1.82, 2.24) is 20.4 Å². The van der Waals surface area contributed by atoms with E-state index in [1.165, 1.54) is 12.0 Å². The van der Waals surface area contributed by atoms with Gasteiger partial charge in [0.2, 0.25) is 0 Å². The van der Waals surface area contributed by atoms with Crippen molar-refractivity contribution in [2.75, 3.05) is 47.1 Å². The molecule has 9 heteroatoms. The summed E-state index contributed by atoms with van der Waals surface area (Å²) < 4.78 is 0. The number of nitrogen functional groups attached to an aromatic ring is 1. The van der Waals surface area contributed by atoms with E-state index in [4.69, 9.17) is 5.73 Å². The summed E-state index contributed by atoms with van der Waals surface area (Å²) in [7, 11) is 0. The number of nitrogens with two attached hydrogens (primary N) is 1. The van der Waals surface area contributed by atoms with Gasteiger partial charge in [0.15, 0.2) is 11.6 Å². The first kappa shape index (κ1) is 18.5. The molecule has 3 aromatic rings. The molecule has 0 saturated carbocycles. The van der Waals surface area contributed by atoms with E-state index in [0.29, 0.717) is 22.9 Å². The van der Waals surface area contributed by atoms with Gasteiger partial charge >= 0.3 is 0 Å². The zero-order valence-electron chi connectivity index (χ0n) is 15.8. The van der Waals surface area contributed by atoms with Crippen LogP contribution < -0.4 is 26.4 Å². The monoisotopic (exact) mass is 390 g/mol. The van der Waals surface area contributed by atoms with E-state index in [-0.39, 0.29) is 5.91 Å². The van der Waals surface area contributed by atoms with Gasteiger partial charge in [-0.15, -0.1) is 0 Å². The number of hydrogen-bond donors (Lipinski definition) is 3. The second-order valence-corrected chi connectivity index (χ2v) is 6.58. The molecular weight excluding hydrogens is 368 g/mol. The number of benzene rings is 1. The van der Waals surface area contributed by atoms with Crippen LogP contribution >= 0.6 is 0 Å². The third-order valence-corrected chi connectivity index (χ3v) is 4.80. The predicted octanol–water partition coefficient (Wildman–Crippen LogP) is 1.54. The van der Waals surface area contributed by atoms with Gasteiger partial charge in [-0.3, -0.25) is 20.6 Å². The molecule has 1 aliphatic rings. The molecular formula is C20H22N8O. The number of amides is 1. The lowest BCUT2D eigenvalue weighted by molar-refractivity contribution is 0.0962. The molecule has 0 radical (unpaired) electrons. The average molecular weight is 390 g/mol. The Morgan fingerprint density at radius 1 is 0.931 bits per heavy atom. The lowest BCUT2D eigenvalue weighted by atomic mass is 10.2. The molecule has 0 bridgehead atoms. The Balaban J connectivity index is 1.40. The maximum Gasteiger partial charge on any atom is 0.269 e. The van der Waals surface area contributed by atoms with Gasteiger partial charge in [0.1, 0.15) is 12.0 Å². The molecule has 1 aliphatic heterocycles. The van der Waals surface area contributed by atoms with Crippen LogP contribution in [0.4, 0.5) is 23.0 Å². The number of pyridine rings is 1. The fraction of sp³-hybridized carbons (Fsp3) is 0.200. The highest BCUT2D eigenvalue weighted by molar-refractivity contribution is 5.95. The maximum atomic E-state index is 12.2. The summed E-state index contributed by atoms with van der Waals surface area (Å²) in [5, 5.41) is 0. The SMILES string of the molecule is Nc1c(NNC(=O)c2ccncc2)ncnc1N1CCN(c2ccccc2)CC1. The van der Waals surface area contributed by atoms with E-state index in [0.717, 1.165) is 26.2 Å². The molecule has 1 fully saturated rings.